The van der Waals surface area contributed by atoms with Gasteiger partial charge in [0.05, 0.1) is 12.2 Å². The van der Waals surface area contributed by atoms with Crippen LogP contribution in [0.5, 0.6) is 5.75 Å². The van der Waals surface area contributed by atoms with E-state index < -0.39 is 5.82 Å². The Morgan fingerprint density at radius 2 is 2.05 bits per heavy atom. The zero-order chi connectivity index (χ0) is 13.4. The highest BCUT2D eigenvalue weighted by Crippen LogP contribution is 2.22. The number of benzene rings is 1. The zero-order valence-electron chi connectivity index (χ0n) is 11.2. The molecule has 0 unspecified atom stereocenters. The number of likely N-dealkylation sites (N-methyl/N-ethyl adjacent to an activating group) is 1. The van der Waals surface area contributed by atoms with Crippen LogP contribution >= 0.6 is 12.4 Å². The van der Waals surface area contributed by atoms with Crippen LogP contribution in [0.3, 0.4) is 0 Å². The third-order valence-electron chi connectivity index (χ3n) is 2.34. The summed E-state index contributed by atoms with van der Waals surface area (Å²) in [7, 11) is 0. The highest BCUT2D eigenvalue weighted by molar-refractivity contribution is 5.96. The van der Waals surface area contributed by atoms with Crippen molar-refractivity contribution in [1.82, 2.24) is 10.6 Å². The Hall–Kier alpha value is -1.33. The summed E-state index contributed by atoms with van der Waals surface area (Å²) in [6, 6.07) is 4.33. The summed E-state index contributed by atoms with van der Waals surface area (Å²) in [5.74, 6) is -0.826. The maximum absolute atomic E-state index is 13.5. The molecular weight excluding hydrogens is 271 g/mol. The lowest BCUT2D eigenvalue weighted by Gasteiger charge is -2.11. The van der Waals surface area contributed by atoms with Gasteiger partial charge in [-0.3, -0.25) is 4.79 Å². The van der Waals surface area contributed by atoms with E-state index in [2.05, 4.69) is 10.6 Å². The Balaban J connectivity index is 0.00000324. The third-order valence-corrected chi connectivity index (χ3v) is 2.34. The lowest BCUT2D eigenvalue weighted by Crippen LogP contribution is -2.32. The van der Waals surface area contributed by atoms with Gasteiger partial charge in [-0.2, -0.15) is 0 Å². The van der Waals surface area contributed by atoms with Crippen molar-refractivity contribution in [2.75, 3.05) is 26.2 Å². The molecule has 0 aliphatic rings. The van der Waals surface area contributed by atoms with Crippen molar-refractivity contribution in [3.8, 4) is 5.75 Å². The fraction of sp³-hybridized carbons (Fsp3) is 0.462. The van der Waals surface area contributed by atoms with Gasteiger partial charge < -0.3 is 15.4 Å². The summed E-state index contributed by atoms with van der Waals surface area (Å²) >= 11 is 0. The molecule has 0 aromatic heterocycles. The molecule has 1 aromatic carbocycles. The van der Waals surface area contributed by atoms with Crippen LogP contribution in [-0.4, -0.2) is 32.1 Å². The number of carbonyl (C=O) groups excluding carboxylic acids is 1. The van der Waals surface area contributed by atoms with Gasteiger partial charge in [0, 0.05) is 13.1 Å². The lowest BCUT2D eigenvalue weighted by atomic mass is 10.2. The highest BCUT2D eigenvalue weighted by atomic mass is 35.5. The van der Waals surface area contributed by atoms with Crippen LogP contribution in [0.2, 0.25) is 0 Å². The van der Waals surface area contributed by atoms with Gasteiger partial charge in [-0.05, 0) is 25.6 Å². The summed E-state index contributed by atoms with van der Waals surface area (Å²) in [5, 5.41) is 5.80. The first-order valence-electron chi connectivity index (χ1n) is 6.10. The maximum Gasteiger partial charge on any atom is 0.255 e. The number of ether oxygens (including phenoxy) is 1. The summed E-state index contributed by atoms with van der Waals surface area (Å²) < 4.78 is 18.7. The van der Waals surface area contributed by atoms with Gasteiger partial charge in [-0.1, -0.05) is 13.0 Å². The van der Waals surface area contributed by atoms with Gasteiger partial charge in [0.25, 0.3) is 5.91 Å². The van der Waals surface area contributed by atoms with E-state index in [-0.39, 0.29) is 29.6 Å². The van der Waals surface area contributed by atoms with Gasteiger partial charge >= 0.3 is 0 Å². The number of hydrogen-bond acceptors (Lipinski definition) is 3. The van der Waals surface area contributed by atoms with E-state index in [1.54, 1.807) is 13.0 Å². The van der Waals surface area contributed by atoms with Crippen molar-refractivity contribution < 1.29 is 13.9 Å². The zero-order valence-corrected chi connectivity index (χ0v) is 12.0. The molecule has 1 rings (SSSR count). The smallest absolute Gasteiger partial charge is 0.255 e. The molecule has 0 heterocycles. The number of halogens is 2. The van der Waals surface area contributed by atoms with E-state index in [0.29, 0.717) is 19.7 Å². The molecule has 0 atom stereocenters. The first kappa shape index (κ1) is 17.7. The number of para-hydroxylation sites is 1. The molecule has 108 valence electrons. The summed E-state index contributed by atoms with van der Waals surface area (Å²) in [5.41, 5.74) is 0.230. The number of rotatable bonds is 7. The molecule has 4 nitrogen and oxygen atoms in total. The van der Waals surface area contributed by atoms with Crippen molar-refractivity contribution in [2.24, 2.45) is 0 Å². The minimum atomic E-state index is -0.517. The van der Waals surface area contributed by atoms with Crippen molar-refractivity contribution in [2.45, 2.75) is 13.8 Å². The van der Waals surface area contributed by atoms with E-state index in [4.69, 9.17) is 4.74 Å². The predicted octanol–water partition coefficient (Wildman–Crippen LogP) is 1.99. The van der Waals surface area contributed by atoms with E-state index >= 15 is 0 Å². The number of hydrogen-bond donors (Lipinski definition) is 2. The molecule has 0 saturated heterocycles. The van der Waals surface area contributed by atoms with Crippen LogP contribution in [-0.2, 0) is 0 Å². The molecule has 1 aromatic rings. The van der Waals surface area contributed by atoms with E-state index in [1.165, 1.54) is 12.1 Å². The molecule has 0 bridgehead atoms. The summed E-state index contributed by atoms with van der Waals surface area (Å²) in [6.45, 7) is 6.08. The van der Waals surface area contributed by atoms with E-state index in [1.807, 2.05) is 6.92 Å². The molecule has 0 radical (unpaired) electrons. The first-order chi connectivity index (χ1) is 8.70. The second-order valence-electron chi connectivity index (χ2n) is 3.66. The third kappa shape index (κ3) is 5.44. The van der Waals surface area contributed by atoms with E-state index in [0.717, 1.165) is 6.54 Å². The largest absolute Gasteiger partial charge is 0.490 e. The average molecular weight is 291 g/mol. The van der Waals surface area contributed by atoms with Crippen LogP contribution in [0.1, 0.15) is 24.2 Å². The predicted molar refractivity (Wildman–Crippen MR) is 75.7 cm³/mol. The van der Waals surface area contributed by atoms with Gasteiger partial charge in [-0.25, -0.2) is 4.39 Å². The first-order valence-corrected chi connectivity index (χ1v) is 6.10. The Bertz CT molecular complexity index is 402. The maximum atomic E-state index is 13.5. The Kier molecular flexibility index (Phi) is 8.91. The molecule has 2 N–H and O–H groups in total. The van der Waals surface area contributed by atoms with Gasteiger partial charge in [0.15, 0.2) is 11.6 Å². The highest BCUT2D eigenvalue weighted by Gasteiger charge is 2.15. The summed E-state index contributed by atoms with van der Waals surface area (Å²) in [4.78, 5) is 11.9. The van der Waals surface area contributed by atoms with Crippen molar-refractivity contribution >= 4 is 18.3 Å². The molecule has 6 heteroatoms. The fourth-order valence-corrected chi connectivity index (χ4v) is 1.52. The second kappa shape index (κ2) is 9.58. The van der Waals surface area contributed by atoms with Crippen LogP contribution in [0.4, 0.5) is 4.39 Å². The standard InChI is InChI=1S/C13H19FN2O2.ClH/c1-3-15-8-9-16-13(17)10-6-5-7-11(14)12(10)18-4-2;/h5-7,15H,3-4,8-9H2,1-2H3,(H,16,17);1H. The Morgan fingerprint density at radius 1 is 1.32 bits per heavy atom. The van der Waals surface area contributed by atoms with Gasteiger partial charge in [-0.15, -0.1) is 12.4 Å². The van der Waals surface area contributed by atoms with Gasteiger partial charge in [0.2, 0.25) is 0 Å². The molecular formula is C13H20ClFN2O2. The molecule has 0 spiro atoms. The minimum Gasteiger partial charge on any atom is -0.490 e. The van der Waals surface area contributed by atoms with Crippen molar-refractivity contribution in [1.29, 1.82) is 0 Å². The second-order valence-corrected chi connectivity index (χ2v) is 3.66. The Morgan fingerprint density at radius 3 is 2.68 bits per heavy atom. The van der Waals surface area contributed by atoms with Crippen LogP contribution in [0, 0.1) is 5.82 Å². The number of nitrogens with one attached hydrogen (secondary N) is 2. The molecule has 0 aliphatic heterocycles. The van der Waals surface area contributed by atoms with Crippen LogP contribution in [0.25, 0.3) is 0 Å². The Labute approximate surface area is 119 Å². The molecule has 0 fully saturated rings. The molecule has 19 heavy (non-hydrogen) atoms. The monoisotopic (exact) mass is 290 g/mol. The normalized spacial score (nSPS) is 9.63. The van der Waals surface area contributed by atoms with E-state index in [9.17, 15) is 9.18 Å². The van der Waals surface area contributed by atoms with Gasteiger partial charge in [0.1, 0.15) is 0 Å². The number of amides is 1. The van der Waals surface area contributed by atoms with Crippen molar-refractivity contribution in [3.05, 3.63) is 29.6 Å². The van der Waals surface area contributed by atoms with Crippen LogP contribution < -0.4 is 15.4 Å². The fourth-order valence-electron chi connectivity index (χ4n) is 1.52. The quantitative estimate of drug-likeness (QED) is 0.755. The molecule has 0 saturated carbocycles. The molecule has 0 aliphatic carbocycles. The van der Waals surface area contributed by atoms with Crippen molar-refractivity contribution in [3.63, 3.8) is 0 Å². The van der Waals surface area contributed by atoms with Crippen LogP contribution in [0.15, 0.2) is 18.2 Å². The lowest BCUT2D eigenvalue weighted by molar-refractivity contribution is 0.0949. The number of carbonyl (C=O) groups is 1. The average Bonchev–Trinajstić information content (AvgIpc) is 2.37. The SMILES string of the molecule is CCNCCNC(=O)c1cccc(F)c1OCC.Cl. The minimum absolute atomic E-state index is 0. The topological polar surface area (TPSA) is 50.4 Å². The molecule has 1 amide bonds. The summed E-state index contributed by atoms with van der Waals surface area (Å²) in [6.07, 6.45) is 0.